The Morgan fingerprint density at radius 3 is 2.42 bits per heavy atom. The summed E-state index contributed by atoms with van der Waals surface area (Å²) in [6, 6.07) is 11.8. The summed E-state index contributed by atoms with van der Waals surface area (Å²) in [6.07, 6.45) is -3.00. The Morgan fingerprint density at radius 1 is 1.08 bits per heavy atom. The number of aliphatic imine (C=N–C) groups is 1. The van der Waals surface area contributed by atoms with E-state index < -0.39 is 17.7 Å². The van der Waals surface area contributed by atoms with Crippen LogP contribution in [0.25, 0.3) is 6.08 Å². The Labute approximate surface area is 136 Å². The second kappa shape index (κ2) is 5.96. The van der Waals surface area contributed by atoms with E-state index in [-0.39, 0.29) is 11.6 Å². The van der Waals surface area contributed by atoms with Crippen molar-refractivity contribution in [3.8, 4) is 0 Å². The number of benzene rings is 2. The molecule has 6 heteroatoms. The van der Waals surface area contributed by atoms with E-state index >= 15 is 0 Å². The number of ether oxygens (including phenoxy) is 1. The number of hydrogen-bond acceptors (Lipinski definition) is 3. The SMILES string of the molecule is Cc1cccc(C2=N/C(=C\c3ccc(C(F)(F)F)cc3)C(=O)O2)c1. The van der Waals surface area contributed by atoms with E-state index in [0.717, 1.165) is 17.7 Å². The fourth-order valence-electron chi connectivity index (χ4n) is 2.24. The highest BCUT2D eigenvalue weighted by Gasteiger charge is 2.30. The number of esters is 1. The van der Waals surface area contributed by atoms with Crippen molar-refractivity contribution >= 4 is 17.9 Å². The summed E-state index contributed by atoms with van der Waals surface area (Å²) in [5.41, 5.74) is 1.39. The molecule has 0 bridgehead atoms. The molecule has 0 aromatic heterocycles. The molecule has 1 aliphatic rings. The third-order valence-electron chi connectivity index (χ3n) is 3.43. The van der Waals surface area contributed by atoms with Gasteiger partial charge in [-0.2, -0.15) is 13.2 Å². The highest BCUT2D eigenvalue weighted by Crippen LogP contribution is 2.29. The average Bonchev–Trinajstić information content (AvgIpc) is 2.88. The Kier molecular flexibility index (Phi) is 3.97. The summed E-state index contributed by atoms with van der Waals surface area (Å²) < 4.78 is 42.8. The predicted molar refractivity (Wildman–Crippen MR) is 83.2 cm³/mol. The quantitative estimate of drug-likeness (QED) is 0.606. The lowest BCUT2D eigenvalue weighted by Crippen LogP contribution is -2.05. The fraction of sp³-hybridized carbons (Fsp3) is 0.111. The monoisotopic (exact) mass is 331 g/mol. The zero-order valence-corrected chi connectivity index (χ0v) is 12.6. The lowest BCUT2D eigenvalue weighted by Gasteiger charge is -2.05. The van der Waals surface area contributed by atoms with Crippen molar-refractivity contribution in [1.29, 1.82) is 0 Å². The molecule has 0 saturated heterocycles. The molecule has 0 N–H and O–H groups in total. The molecular weight excluding hydrogens is 319 g/mol. The van der Waals surface area contributed by atoms with Gasteiger partial charge in [0.05, 0.1) is 5.56 Å². The third kappa shape index (κ3) is 3.37. The fourth-order valence-corrected chi connectivity index (χ4v) is 2.24. The second-order valence-electron chi connectivity index (χ2n) is 5.33. The van der Waals surface area contributed by atoms with E-state index in [9.17, 15) is 18.0 Å². The minimum Gasteiger partial charge on any atom is -0.402 e. The van der Waals surface area contributed by atoms with Crippen molar-refractivity contribution in [1.82, 2.24) is 0 Å². The van der Waals surface area contributed by atoms with E-state index in [1.165, 1.54) is 18.2 Å². The highest BCUT2D eigenvalue weighted by atomic mass is 19.4. The van der Waals surface area contributed by atoms with Gasteiger partial charge in [0.15, 0.2) is 5.70 Å². The van der Waals surface area contributed by atoms with Crippen LogP contribution >= 0.6 is 0 Å². The van der Waals surface area contributed by atoms with E-state index in [2.05, 4.69) is 4.99 Å². The van der Waals surface area contributed by atoms with Gasteiger partial charge in [-0.05, 0) is 42.8 Å². The van der Waals surface area contributed by atoms with Crippen LogP contribution in [0.15, 0.2) is 59.2 Å². The lowest BCUT2D eigenvalue weighted by molar-refractivity contribution is -0.137. The number of halogens is 3. The highest BCUT2D eigenvalue weighted by molar-refractivity contribution is 6.12. The maximum absolute atomic E-state index is 12.5. The molecular formula is C18H12F3NO2. The number of carbonyl (C=O) groups excluding carboxylic acids is 1. The van der Waals surface area contributed by atoms with Gasteiger partial charge in [0.1, 0.15) is 0 Å². The van der Waals surface area contributed by atoms with Gasteiger partial charge in [-0.1, -0.05) is 29.8 Å². The summed E-state index contributed by atoms with van der Waals surface area (Å²) in [7, 11) is 0. The van der Waals surface area contributed by atoms with Gasteiger partial charge in [0.2, 0.25) is 5.90 Å². The number of nitrogens with zero attached hydrogens (tertiary/aromatic N) is 1. The van der Waals surface area contributed by atoms with Crippen LogP contribution in [0, 0.1) is 6.92 Å². The number of hydrogen-bond donors (Lipinski definition) is 0. The minimum absolute atomic E-state index is 0.0475. The largest absolute Gasteiger partial charge is 0.416 e. The van der Waals surface area contributed by atoms with Crippen LogP contribution in [-0.4, -0.2) is 11.9 Å². The van der Waals surface area contributed by atoms with Gasteiger partial charge >= 0.3 is 12.1 Å². The predicted octanol–water partition coefficient (Wildman–Crippen LogP) is 4.36. The van der Waals surface area contributed by atoms with E-state index in [0.29, 0.717) is 11.1 Å². The first kappa shape index (κ1) is 16.0. The molecule has 1 heterocycles. The van der Waals surface area contributed by atoms with Gasteiger partial charge in [-0.3, -0.25) is 0 Å². The third-order valence-corrected chi connectivity index (χ3v) is 3.43. The molecule has 2 aromatic carbocycles. The molecule has 0 radical (unpaired) electrons. The van der Waals surface area contributed by atoms with Gasteiger partial charge < -0.3 is 4.74 Å². The lowest BCUT2D eigenvalue weighted by atomic mass is 10.1. The van der Waals surface area contributed by atoms with Gasteiger partial charge in [0.25, 0.3) is 0 Å². The van der Waals surface area contributed by atoms with Gasteiger partial charge in [0, 0.05) is 5.56 Å². The molecule has 0 amide bonds. The Balaban J connectivity index is 1.88. The zero-order valence-electron chi connectivity index (χ0n) is 12.6. The van der Waals surface area contributed by atoms with Crippen molar-refractivity contribution in [2.45, 2.75) is 13.1 Å². The van der Waals surface area contributed by atoms with E-state index in [1.54, 1.807) is 6.07 Å². The Bertz CT molecular complexity index is 849. The zero-order chi connectivity index (χ0) is 17.3. The summed E-state index contributed by atoms with van der Waals surface area (Å²) in [5, 5.41) is 0. The van der Waals surface area contributed by atoms with Crippen molar-refractivity contribution in [2.75, 3.05) is 0 Å². The van der Waals surface area contributed by atoms with Gasteiger partial charge in [-0.25, -0.2) is 9.79 Å². The van der Waals surface area contributed by atoms with E-state index in [4.69, 9.17) is 4.74 Å². The maximum Gasteiger partial charge on any atom is 0.416 e. The Morgan fingerprint density at radius 2 is 1.79 bits per heavy atom. The molecule has 0 unspecified atom stereocenters. The first-order chi connectivity index (χ1) is 11.3. The van der Waals surface area contributed by atoms with Crippen LogP contribution in [0.3, 0.4) is 0 Å². The molecule has 24 heavy (non-hydrogen) atoms. The molecule has 3 nitrogen and oxygen atoms in total. The van der Waals surface area contributed by atoms with Crippen LogP contribution in [0.5, 0.6) is 0 Å². The molecule has 1 aliphatic heterocycles. The number of alkyl halides is 3. The topological polar surface area (TPSA) is 38.7 Å². The Hall–Kier alpha value is -2.89. The standard InChI is InChI=1S/C18H12F3NO2/c1-11-3-2-4-13(9-11)16-22-15(17(23)24-16)10-12-5-7-14(8-6-12)18(19,20)21/h2-10H,1H3/b15-10-. The normalized spacial score (nSPS) is 16.2. The van der Waals surface area contributed by atoms with Crippen LogP contribution in [0.4, 0.5) is 13.2 Å². The van der Waals surface area contributed by atoms with Crippen LogP contribution in [0.2, 0.25) is 0 Å². The number of cyclic esters (lactones) is 1. The first-order valence-electron chi connectivity index (χ1n) is 7.10. The second-order valence-corrected chi connectivity index (χ2v) is 5.33. The summed E-state index contributed by atoms with van der Waals surface area (Å²) in [4.78, 5) is 16.0. The summed E-state index contributed by atoms with van der Waals surface area (Å²) in [5.74, 6) is -0.451. The molecule has 2 aromatic rings. The molecule has 122 valence electrons. The molecule has 0 fully saturated rings. The minimum atomic E-state index is -4.39. The first-order valence-corrected chi connectivity index (χ1v) is 7.10. The smallest absolute Gasteiger partial charge is 0.402 e. The summed E-state index contributed by atoms with van der Waals surface area (Å²) in [6.45, 7) is 1.90. The van der Waals surface area contributed by atoms with Gasteiger partial charge in [-0.15, -0.1) is 0 Å². The maximum atomic E-state index is 12.5. The number of aryl methyl sites for hydroxylation is 1. The van der Waals surface area contributed by atoms with Crippen LogP contribution in [-0.2, 0) is 15.7 Å². The van der Waals surface area contributed by atoms with Crippen molar-refractivity contribution in [2.24, 2.45) is 4.99 Å². The molecule has 0 spiro atoms. The average molecular weight is 331 g/mol. The molecule has 3 rings (SSSR count). The van der Waals surface area contributed by atoms with Crippen molar-refractivity contribution in [3.05, 3.63) is 76.5 Å². The van der Waals surface area contributed by atoms with Crippen molar-refractivity contribution in [3.63, 3.8) is 0 Å². The molecule has 0 atom stereocenters. The summed E-state index contributed by atoms with van der Waals surface area (Å²) >= 11 is 0. The molecule has 0 saturated carbocycles. The van der Waals surface area contributed by atoms with Crippen LogP contribution in [0.1, 0.15) is 22.3 Å². The van der Waals surface area contributed by atoms with Crippen molar-refractivity contribution < 1.29 is 22.7 Å². The number of carbonyl (C=O) groups is 1. The van der Waals surface area contributed by atoms with Crippen LogP contribution < -0.4 is 0 Å². The molecule has 0 aliphatic carbocycles. The number of rotatable bonds is 2. The van der Waals surface area contributed by atoms with E-state index in [1.807, 2.05) is 25.1 Å².